The molecule has 3 N–H and O–H groups in total. The lowest BCUT2D eigenvalue weighted by atomic mass is 10.0. The molecule has 0 saturated heterocycles. The minimum absolute atomic E-state index is 0.0985. The van der Waals surface area contributed by atoms with E-state index in [1.165, 1.54) is 0 Å². The van der Waals surface area contributed by atoms with Crippen LogP contribution in [0.5, 0.6) is 5.75 Å². The maximum atomic E-state index is 12.9. The summed E-state index contributed by atoms with van der Waals surface area (Å²) in [5.41, 5.74) is 6.48. The van der Waals surface area contributed by atoms with Crippen LogP contribution in [0.1, 0.15) is 35.5 Å². The third-order valence-electron chi connectivity index (χ3n) is 4.87. The maximum Gasteiger partial charge on any atom is 0.271 e. The minimum Gasteiger partial charge on any atom is -0.490 e. The van der Waals surface area contributed by atoms with Crippen LogP contribution in [0.15, 0.2) is 59.1 Å². The molecule has 0 atom stereocenters. The summed E-state index contributed by atoms with van der Waals surface area (Å²) in [6.45, 7) is 3.78. The van der Waals surface area contributed by atoms with Gasteiger partial charge in [-0.25, -0.2) is 8.42 Å². The number of carbonyl (C=O) groups excluding carboxylic acids is 1. The van der Waals surface area contributed by atoms with Gasteiger partial charge in [0.15, 0.2) is 0 Å². The highest BCUT2D eigenvalue weighted by atomic mass is 32.2. The average Bonchev–Trinajstić information content (AvgIpc) is 2.70. The third-order valence-corrected chi connectivity index (χ3v) is 6.02. The second-order valence-electron chi connectivity index (χ2n) is 8.00. The minimum atomic E-state index is -3.63. The lowest BCUT2D eigenvalue weighted by molar-refractivity contribution is 0.0877. The van der Waals surface area contributed by atoms with E-state index in [0.717, 1.165) is 10.8 Å². The molecule has 0 fully saturated rings. The summed E-state index contributed by atoms with van der Waals surface area (Å²) in [5.74, 6) is -0.224. The monoisotopic (exact) mass is 438 g/mol. The van der Waals surface area contributed by atoms with Crippen LogP contribution in [0.4, 0.5) is 0 Å². The number of hydrogen-bond donors (Lipinski definition) is 2. The number of ether oxygens (including phenoxy) is 1. The van der Waals surface area contributed by atoms with Crippen LogP contribution < -0.4 is 15.8 Å². The van der Waals surface area contributed by atoms with Gasteiger partial charge in [0, 0.05) is 11.6 Å². The Morgan fingerprint density at radius 3 is 2.74 bits per heavy atom. The van der Waals surface area contributed by atoms with Gasteiger partial charge in [-0.3, -0.25) is 9.78 Å². The Morgan fingerprint density at radius 1 is 1.16 bits per heavy atom. The van der Waals surface area contributed by atoms with Gasteiger partial charge in [0.05, 0.1) is 16.9 Å². The van der Waals surface area contributed by atoms with E-state index in [0.29, 0.717) is 22.6 Å². The molecule has 1 aliphatic heterocycles. The molecule has 8 nitrogen and oxygen atoms in total. The molecule has 0 unspecified atom stereocenters. The SMILES string of the molecule is CC(C)(COc1cccc2c1C(N)=NS(=O)(=O)C2)NC(=O)c1nccc2ccccc12. The highest BCUT2D eigenvalue weighted by Crippen LogP contribution is 2.28. The zero-order valence-electron chi connectivity index (χ0n) is 17.1. The van der Waals surface area contributed by atoms with Crippen molar-refractivity contribution in [2.75, 3.05) is 6.61 Å². The molecule has 3 aromatic rings. The average molecular weight is 439 g/mol. The summed E-state index contributed by atoms with van der Waals surface area (Å²) in [7, 11) is -3.63. The number of sulfonamides is 1. The number of nitrogens with two attached hydrogens (primary N) is 1. The van der Waals surface area contributed by atoms with E-state index in [2.05, 4.69) is 14.7 Å². The summed E-state index contributed by atoms with van der Waals surface area (Å²) in [4.78, 5) is 17.2. The van der Waals surface area contributed by atoms with E-state index in [1.54, 1.807) is 24.4 Å². The Kier molecular flexibility index (Phi) is 5.14. The number of rotatable bonds is 5. The fourth-order valence-corrected chi connectivity index (χ4v) is 4.58. The molecule has 1 aliphatic rings. The Labute approximate surface area is 180 Å². The number of nitrogens with zero attached hydrogens (tertiary/aromatic N) is 2. The van der Waals surface area contributed by atoms with Crippen molar-refractivity contribution in [2.45, 2.75) is 25.1 Å². The van der Waals surface area contributed by atoms with E-state index < -0.39 is 15.6 Å². The van der Waals surface area contributed by atoms with Crippen molar-refractivity contribution in [2.24, 2.45) is 10.1 Å². The molecule has 9 heteroatoms. The maximum absolute atomic E-state index is 12.9. The van der Waals surface area contributed by atoms with Crippen molar-refractivity contribution in [3.8, 4) is 5.75 Å². The van der Waals surface area contributed by atoms with Crippen LogP contribution in [0.3, 0.4) is 0 Å². The number of fused-ring (bicyclic) bond motifs is 2. The molecule has 1 aromatic heterocycles. The van der Waals surface area contributed by atoms with Gasteiger partial charge < -0.3 is 15.8 Å². The molecule has 31 heavy (non-hydrogen) atoms. The highest BCUT2D eigenvalue weighted by Gasteiger charge is 2.28. The molecular formula is C22H22N4O4S. The van der Waals surface area contributed by atoms with Crippen LogP contribution in [-0.4, -0.2) is 37.3 Å². The van der Waals surface area contributed by atoms with E-state index in [9.17, 15) is 13.2 Å². The van der Waals surface area contributed by atoms with Gasteiger partial charge in [0.1, 0.15) is 23.9 Å². The Bertz CT molecular complexity index is 1310. The first kappa shape index (κ1) is 20.8. The van der Waals surface area contributed by atoms with Gasteiger partial charge in [0.2, 0.25) is 0 Å². The lowest BCUT2D eigenvalue weighted by Crippen LogP contribution is -2.48. The van der Waals surface area contributed by atoms with Crippen molar-refractivity contribution in [3.63, 3.8) is 0 Å². The summed E-state index contributed by atoms with van der Waals surface area (Å²) in [6.07, 6.45) is 1.60. The first-order valence-electron chi connectivity index (χ1n) is 9.65. The number of amides is 1. The summed E-state index contributed by atoms with van der Waals surface area (Å²) >= 11 is 0. The van der Waals surface area contributed by atoms with Crippen molar-refractivity contribution in [3.05, 3.63) is 71.5 Å². The zero-order valence-corrected chi connectivity index (χ0v) is 17.9. The number of benzene rings is 2. The fraction of sp³-hybridized carbons (Fsp3) is 0.227. The molecule has 2 heterocycles. The number of amidine groups is 1. The van der Waals surface area contributed by atoms with Crippen LogP contribution in [0, 0.1) is 0 Å². The lowest BCUT2D eigenvalue weighted by Gasteiger charge is -2.27. The smallest absolute Gasteiger partial charge is 0.271 e. The van der Waals surface area contributed by atoms with Crippen molar-refractivity contribution >= 4 is 32.5 Å². The van der Waals surface area contributed by atoms with Crippen molar-refractivity contribution in [1.29, 1.82) is 0 Å². The predicted molar refractivity (Wildman–Crippen MR) is 119 cm³/mol. The van der Waals surface area contributed by atoms with Gasteiger partial charge in [-0.05, 0) is 36.9 Å². The van der Waals surface area contributed by atoms with Crippen molar-refractivity contribution < 1.29 is 17.9 Å². The second kappa shape index (κ2) is 7.66. The number of aromatic nitrogens is 1. The topological polar surface area (TPSA) is 124 Å². The predicted octanol–water partition coefficient (Wildman–Crippen LogP) is 2.37. The Hall–Kier alpha value is -3.46. The van der Waals surface area contributed by atoms with Crippen LogP contribution in [0.2, 0.25) is 0 Å². The van der Waals surface area contributed by atoms with E-state index in [4.69, 9.17) is 10.5 Å². The van der Waals surface area contributed by atoms with Gasteiger partial charge in [-0.1, -0.05) is 36.4 Å². The van der Waals surface area contributed by atoms with Crippen LogP contribution >= 0.6 is 0 Å². The third kappa shape index (κ3) is 4.36. The quantitative estimate of drug-likeness (QED) is 0.630. The standard InChI is InChI=1S/C22H22N4O4S/c1-22(2,25-21(27)19-16-8-4-3-6-14(16)10-11-24-19)13-30-17-9-5-7-15-12-31(28,29)26-20(23)18(15)17/h3-11H,12-13H2,1-2H3,(H2,23,26)(H,25,27). The zero-order chi connectivity index (χ0) is 22.2. The number of nitrogens with one attached hydrogen (secondary N) is 1. The van der Waals surface area contributed by atoms with E-state index >= 15 is 0 Å². The summed E-state index contributed by atoms with van der Waals surface area (Å²) < 4.78 is 33.2. The fourth-order valence-electron chi connectivity index (χ4n) is 3.49. The van der Waals surface area contributed by atoms with Gasteiger partial charge in [-0.15, -0.1) is 4.40 Å². The van der Waals surface area contributed by atoms with Crippen molar-refractivity contribution in [1.82, 2.24) is 10.3 Å². The first-order valence-corrected chi connectivity index (χ1v) is 11.3. The molecule has 0 spiro atoms. The van der Waals surface area contributed by atoms with Crippen LogP contribution in [0.25, 0.3) is 10.8 Å². The molecule has 0 aliphatic carbocycles. The molecule has 160 valence electrons. The first-order chi connectivity index (χ1) is 14.7. The second-order valence-corrected chi connectivity index (χ2v) is 9.64. The normalized spacial score (nSPS) is 15.1. The summed E-state index contributed by atoms with van der Waals surface area (Å²) in [6, 6.07) is 14.5. The Balaban J connectivity index is 1.52. The molecule has 4 rings (SSSR count). The van der Waals surface area contributed by atoms with E-state index in [-0.39, 0.29) is 24.1 Å². The molecule has 2 aromatic carbocycles. The molecule has 1 amide bonds. The number of carbonyl (C=O) groups is 1. The Morgan fingerprint density at radius 2 is 1.94 bits per heavy atom. The van der Waals surface area contributed by atoms with Gasteiger partial charge >= 0.3 is 0 Å². The molecule has 0 bridgehead atoms. The largest absolute Gasteiger partial charge is 0.490 e. The molecular weight excluding hydrogens is 416 g/mol. The number of hydrogen-bond acceptors (Lipinski definition) is 6. The van der Waals surface area contributed by atoms with Gasteiger partial charge in [-0.2, -0.15) is 0 Å². The number of pyridine rings is 1. The highest BCUT2D eigenvalue weighted by molar-refractivity contribution is 7.89. The molecule has 0 saturated carbocycles. The van der Waals surface area contributed by atoms with Crippen LogP contribution in [-0.2, 0) is 15.8 Å². The van der Waals surface area contributed by atoms with Gasteiger partial charge in [0.25, 0.3) is 15.9 Å². The van der Waals surface area contributed by atoms with E-state index in [1.807, 2.05) is 44.2 Å². The summed E-state index contributed by atoms with van der Waals surface area (Å²) in [5, 5.41) is 4.65. The molecule has 0 radical (unpaired) electrons.